The fourth-order valence-corrected chi connectivity index (χ4v) is 1.61. The molecular formula is C12H9FN2O4. The van der Waals surface area contributed by atoms with Crippen LogP contribution in [0.2, 0.25) is 0 Å². The van der Waals surface area contributed by atoms with E-state index in [2.05, 4.69) is 5.32 Å². The molecular weight excluding hydrogens is 255 g/mol. The van der Waals surface area contributed by atoms with Crippen LogP contribution in [0.5, 0.6) is 0 Å². The number of benzene rings is 1. The number of rotatable bonds is 3. The second kappa shape index (κ2) is 4.89. The van der Waals surface area contributed by atoms with E-state index in [-0.39, 0.29) is 5.70 Å². The highest BCUT2D eigenvalue weighted by Crippen LogP contribution is 2.14. The zero-order valence-electron chi connectivity index (χ0n) is 9.59. The second-order valence-electron chi connectivity index (χ2n) is 3.83. The maximum Gasteiger partial charge on any atom is 0.329 e. The molecule has 0 saturated carbocycles. The van der Waals surface area contributed by atoms with E-state index in [9.17, 15) is 18.8 Å². The fraction of sp³-hybridized carbons (Fsp3) is 0.0833. The lowest BCUT2D eigenvalue weighted by atomic mass is 10.2. The molecule has 2 rings (SSSR count). The molecule has 0 aromatic heterocycles. The number of halogens is 1. The van der Waals surface area contributed by atoms with Gasteiger partial charge in [-0.1, -0.05) is 12.1 Å². The highest BCUT2D eigenvalue weighted by atomic mass is 19.1. The Labute approximate surface area is 107 Å². The molecule has 1 aromatic carbocycles. The van der Waals surface area contributed by atoms with Gasteiger partial charge in [0, 0.05) is 0 Å². The summed E-state index contributed by atoms with van der Waals surface area (Å²) in [6.07, 6.45) is 1.28. The van der Waals surface area contributed by atoms with Crippen molar-refractivity contribution in [2.45, 2.75) is 0 Å². The van der Waals surface area contributed by atoms with E-state index in [1.807, 2.05) is 0 Å². The average Bonchev–Trinajstić information content (AvgIpc) is 2.57. The van der Waals surface area contributed by atoms with E-state index in [0.29, 0.717) is 10.5 Å². The quantitative estimate of drug-likeness (QED) is 0.624. The first-order chi connectivity index (χ1) is 8.97. The number of carboxylic acid groups (broad SMARTS) is 1. The molecule has 3 amide bonds. The lowest BCUT2D eigenvalue weighted by molar-refractivity contribution is -0.140. The van der Waals surface area contributed by atoms with Crippen LogP contribution < -0.4 is 5.32 Å². The predicted octanol–water partition coefficient (Wildman–Crippen LogP) is 0.803. The van der Waals surface area contributed by atoms with E-state index in [4.69, 9.17) is 5.11 Å². The third-order valence-corrected chi connectivity index (χ3v) is 2.42. The zero-order chi connectivity index (χ0) is 14.0. The van der Waals surface area contributed by atoms with Gasteiger partial charge in [-0.15, -0.1) is 0 Å². The Balaban J connectivity index is 2.25. The van der Waals surface area contributed by atoms with Gasteiger partial charge in [-0.2, -0.15) is 0 Å². The summed E-state index contributed by atoms with van der Waals surface area (Å²) in [7, 11) is 0. The SMILES string of the molecule is O=C(O)CN1C(=O)N/C(=C/c2cccc(F)c2)C1=O. The molecule has 0 unspecified atom stereocenters. The standard InChI is InChI=1S/C12H9FN2O4/c13-8-3-1-2-7(4-8)5-9-11(18)15(6-10(16)17)12(19)14-9/h1-5H,6H2,(H,14,19)(H,16,17)/b9-5+. The van der Waals surface area contributed by atoms with Gasteiger partial charge in [-0.25, -0.2) is 14.1 Å². The summed E-state index contributed by atoms with van der Waals surface area (Å²) in [4.78, 5) is 34.2. The molecule has 1 heterocycles. The van der Waals surface area contributed by atoms with Crippen molar-refractivity contribution in [2.75, 3.05) is 6.54 Å². The number of hydrogen-bond acceptors (Lipinski definition) is 3. The van der Waals surface area contributed by atoms with Crippen LogP contribution >= 0.6 is 0 Å². The first kappa shape index (κ1) is 12.7. The van der Waals surface area contributed by atoms with Gasteiger partial charge in [-0.05, 0) is 23.8 Å². The highest BCUT2D eigenvalue weighted by molar-refractivity contribution is 6.15. The first-order valence-electron chi connectivity index (χ1n) is 5.29. The van der Waals surface area contributed by atoms with E-state index in [0.717, 1.165) is 0 Å². The van der Waals surface area contributed by atoms with Gasteiger partial charge < -0.3 is 10.4 Å². The Morgan fingerprint density at radius 1 is 1.42 bits per heavy atom. The van der Waals surface area contributed by atoms with Crippen molar-refractivity contribution < 1.29 is 23.9 Å². The highest BCUT2D eigenvalue weighted by Gasteiger charge is 2.34. The third-order valence-electron chi connectivity index (χ3n) is 2.42. The molecule has 98 valence electrons. The monoisotopic (exact) mass is 264 g/mol. The molecule has 0 atom stereocenters. The van der Waals surface area contributed by atoms with Gasteiger partial charge in [0.1, 0.15) is 18.1 Å². The number of amides is 3. The van der Waals surface area contributed by atoms with Crippen LogP contribution in [0.15, 0.2) is 30.0 Å². The summed E-state index contributed by atoms with van der Waals surface area (Å²) in [5, 5.41) is 10.8. The minimum absolute atomic E-state index is 0.0862. The van der Waals surface area contributed by atoms with E-state index in [1.54, 1.807) is 6.07 Å². The number of carboxylic acids is 1. The first-order valence-corrected chi connectivity index (χ1v) is 5.29. The van der Waals surface area contributed by atoms with Crippen molar-refractivity contribution in [1.29, 1.82) is 0 Å². The lowest BCUT2D eigenvalue weighted by Gasteiger charge is -2.06. The van der Waals surface area contributed by atoms with Gasteiger partial charge >= 0.3 is 12.0 Å². The molecule has 19 heavy (non-hydrogen) atoms. The molecule has 0 bridgehead atoms. The van der Waals surface area contributed by atoms with Gasteiger partial charge in [-0.3, -0.25) is 9.59 Å². The Morgan fingerprint density at radius 2 is 2.16 bits per heavy atom. The molecule has 7 heteroatoms. The number of nitrogens with one attached hydrogen (secondary N) is 1. The number of aliphatic carboxylic acids is 1. The van der Waals surface area contributed by atoms with Crippen molar-refractivity contribution >= 4 is 24.0 Å². The Kier molecular flexibility index (Phi) is 3.28. The summed E-state index contributed by atoms with van der Waals surface area (Å²) in [6, 6.07) is 4.63. The van der Waals surface area contributed by atoms with Crippen LogP contribution in [-0.4, -0.2) is 34.5 Å². The number of nitrogens with zero attached hydrogens (tertiary/aromatic N) is 1. The van der Waals surface area contributed by atoms with Crippen molar-refractivity contribution in [3.63, 3.8) is 0 Å². The summed E-state index contributed by atoms with van der Waals surface area (Å²) in [5.74, 6) is -2.53. The summed E-state index contributed by atoms with van der Waals surface area (Å²) < 4.78 is 13.0. The topological polar surface area (TPSA) is 86.7 Å². The maximum absolute atomic E-state index is 13.0. The van der Waals surface area contributed by atoms with Crippen LogP contribution in [0.25, 0.3) is 6.08 Å². The number of hydrogen-bond donors (Lipinski definition) is 2. The van der Waals surface area contributed by atoms with Crippen LogP contribution in [0.4, 0.5) is 9.18 Å². The Morgan fingerprint density at radius 3 is 2.79 bits per heavy atom. The van der Waals surface area contributed by atoms with E-state index in [1.165, 1.54) is 24.3 Å². The number of carbonyl (C=O) groups is 3. The van der Waals surface area contributed by atoms with E-state index >= 15 is 0 Å². The molecule has 6 nitrogen and oxygen atoms in total. The third kappa shape index (κ3) is 2.76. The second-order valence-corrected chi connectivity index (χ2v) is 3.83. The molecule has 0 spiro atoms. The van der Waals surface area contributed by atoms with Crippen LogP contribution in [-0.2, 0) is 9.59 Å². The smallest absolute Gasteiger partial charge is 0.329 e. The molecule has 1 fully saturated rings. The van der Waals surface area contributed by atoms with Crippen LogP contribution in [0, 0.1) is 5.82 Å². The van der Waals surface area contributed by atoms with Crippen molar-refractivity contribution in [3.8, 4) is 0 Å². The fourth-order valence-electron chi connectivity index (χ4n) is 1.61. The van der Waals surface area contributed by atoms with E-state index < -0.39 is 30.3 Å². The number of urea groups is 1. The lowest BCUT2D eigenvalue weighted by Crippen LogP contribution is -2.35. The van der Waals surface area contributed by atoms with Gasteiger partial charge in [0.05, 0.1) is 0 Å². The molecule has 1 aromatic rings. The zero-order valence-corrected chi connectivity index (χ0v) is 9.59. The predicted molar refractivity (Wildman–Crippen MR) is 62.3 cm³/mol. The Bertz CT molecular complexity index is 597. The molecule has 1 saturated heterocycles. The van der Waals surface area contributed by atoms with Gasteiger partial charge in [0.2, 0.25) is 0 Å². The summed E-state index contributed by atoms with van der Waals surface area (Å²) in [6.45, 7) is -0.717. The normalized spacial score (nSPS) is 16.9. The van der Waals surface area contributed by atoms with Crippen molar-refractivity contribution in [1.82, 2.24) is 10.2 Å². The molecule has 0 radical (unpaired) electrons. The molecule has 1 aliphatic heterocycles. The molecule has 2 N–H and O–H groups in total. The Hall–Kier alpha value is -2.70. The summed E-state index contributed by atoms with van der Waals surface area (Å²) >= 11 is 0. The van der Waals surface area contributed by atoms with Gasteiger partial charge in [0.25, 0.3) is 5.91 Å². The minimum atomic E-state index is -1.30. The number of imide groups is 1. The maximum atomic E-state index is 13.0. The van der Waals surface area contributed by atoms with Crippen molar-refractivity contribution in [2.24, 2.45) is 0 Å². The van der Waals surface area contributed by atoms with Crippen LogP contribution in [0.3, 0.4) is 0 Å². The largest absolute Gasteiger partial charge is 0.480 e. The number of carbonyl (C=O) groups excluding carboxylic acids is 2. The summed E-state index contributed by atoms with van der Waals surface area (Å²) in [5.41, 5.74) is 0.303. The van der Waals surface area contributed by atoms with Gasteiger partial charge in [0.15, 0.2) is 0 Å². The average molecular weight is 264 g/mol. The minimum Gasteiger partial charge on any atom is -0.480 e. The molecule has 1 aliphatic rings. The van der Waals surface area contributed by atoms with Crippen LogP contribution in [0.1, 0.15) is 5.56 Å². The molecule has 0 aliphatic carbocycles. The van der Waals surface area contributed by atoms with Crippen molar-refractivity contribution in [3.05, 3.63) is 41.3 Å².